The minimum Gasteiger partial charge on any atom is -0.379 e. The van der Waals surface area contributed by atoms with Crippen molar-refractivity contribution in [2.75, 3.05) is 19.0 Å². The fourth-order valence-electron chi connectivity index (χ4n) is 1.52. The number of benzene rings is 1. The monoisotopic (exact) mass is 222 g/mol. The second-order valence-electron chi connectivity index (χ2n) is 3.26. The second-order valence-corrected chi connectivity index (χ2v) is 3.71. The Bertz CT molecular complexity index is 427. The standard InChI is InChI=1S/C11H14N2OS/c15-8-7-14-6-5-13-11-4-2-1-3-10(11)9-12-13/h1-4,9,15H,5-8H2. The minimum atomic E-state index is 0.687. The molecule has 0 unspecified atom stereocenters. The predicted molar refractivity (Wildman–Crippen MR) is 64.4 cm³/mol. The van der Waals surface area contributed by atoms with Crippen LogP contribution < -0.4 is 0 Å². The molecule has 1 aromatic carbocycles. The van der Waals surface area contributed by atoms with Crippen LogP contribution in [0.4, 0.5) is 0 Å². The Morgan fingerprint density at radius 3 is 3.00 bits per heavy atom. The number of thiol groups is 1. The maximum Gasteiger partial charge on any atom is 0.0683 e. The van der Waals surface area contributed by atoms with Gasteiger partial charge in [-0.15, -0.1) is 0 Å². The van der Waals surface area contributed by atoms with E-state index in [-0.39, 0.29) is 0 Å². The molecule has 2 aromatic rings. The van der Waals surface area contributed by atoms with Crippen molar-refractivity contribution in [1.82, 2.24) is 9.78 Å². The third kappa shape index (κ3) is 2.52. The van der Waals surface area contributed by atoms with E-state index in [2.05, 4.69) is 29.9 Å². The maximum atomic E-state index is 5.37. The van der Waals surface area contributed by atoms with E-state index >= 15 is 0 Å². The SMILES string of the molecule is SCCOCCn1ncc2ccccc21. The van der Waals surface area contributed by atoms with Crippen molar-refractivity contribution in [1.29, 1.82) is 0 Å². The highest BCUT2D eigenvalue weighted by molar-refractivity contribution is 7.80. The molecule has 0 atom stereocenters. The molecule has 2 rings (SSSR count). The lowest BCUT2D eigenvalue weighted by molar-refractivity contribution is 0.140. The number of hydrogen-bond acceptors (Lipinski definition) is 3. The van der Waals surface area contributed by atoms with Crippen molar-refractivity contribution in [2.24, 2.45) is 0 Å². The minimum absolute atomic E-state index is 0.687. The van der Waals surface area contributed by atoms with E-state index in [1.165, 1.54) is 5.39 Å². The van der Waals surface area contributed by atoms with Crippen LogP contribution >= 0.6 is 12.6 Å². The number of aromatic nitrogens is 2. The van der Waals surface area contributed by atoms with Gasteiger partial charge in [0.05, 0.1) is 31.5 Å². The van der Waals surface area contributed by atoms with Gasteiger partial charge in [-0.2, -0.15) is 17.7 Å². The summed E-state index contributed by atoms with van der Waals surface area (Å²) in [6.45, 7) is 2.18. The van der Waals surface area contributed by atoms with Gasteiger partial charge in [-0.1, -0.05) is 18.2 Å². The van der Waals surface area contributed by atoms with Crippen LogP contribution in [0.2, 0.25) is 0 Å². The largest absolute Gasteiger partial charge is 0.379 e. The lowest BCUT2D eigenvalue weighted by Crippen LogP contribution is -2.08. The molecular formula is C11H14N2OS. The summed E-state index contributed by atoms with van der Waals surface area (Å²) in [7, 11) is 0. The first kappa shape index (κ1) is 10.5. The molecule has 0 bridgehead atoms. The molecule has 0 saturated carbocycles. The van der Waals surface area contributed by atoms with Crippen LogP contribution in [0, 0.1) is 0 Å². The fourth-order valence-corrected chi connectivity index (χ4v) is 1.65. The van der Waals surface area contributed by atoms with Crippen LogP contribution in [0.5, 0.6) is 0 Å². The van der Waals surface area contributed by atoms with Crippen molar-refractivity contribution in [3.8, 4) is 0 Å². The van der Waals surface area contributed by atoms with Crippen molar-refractivity contribution in [3.05, 3.63) is 30.5 Å². The van der Waals surface area contributed by atoms with E-state index in [1.807, 2.05) is 23.0 Å². The normalized spacial score (nSPS) is 11.0. The zero-order valence-corrected chi connectivity index (χ0v) is 9.36. The summed E-state index contributed by atoms with van der Waals surface area (Å²) in [6.07, 6.45) is 1.88. The van der Waals surface area contributed by atoms with E-state index in [0.717, 1.165) is 17.8 Å². The van der Waals surface area contributed by atoms with Gasteiger partial charge in [-0.05, 0) is 6.07 Å². The first-order chi connectivity index (χ1) is 7.42. The zero-order valence-electron chi connectivity index (χ0n) is 8.47. The molecule has 0 saturated heterocycles. The molecule has 15 heavy (non-hydrogen) atoms. The van der Waals surface area contributed by atoms with Gasteiger partial charge in [0, 0.05) is 11.1 Å². The molecule has 0 aliphatic rings. The predicted octanol–water partition coefficient (Wildman–Crippen LogP) is 1.98. The molecule has 0 aliphatic heterocycles. The van der Waals surface area contributed by atoms with Gasteiger partial charge in [-0.3, -0.25) is 4.68 Å². The molecule has 3 nitrogen and oxygen atoms in total. The summed E-state index contributed by atoms with van der Waals surface area (Å²) in [6, 6.07) is 8.18. The lowest BCUT2D eigenvalue weighted by atomic mass is 10.3. The molecule has 1 heterocycles. The number of rotatable bonds is 5. The number of fused-ring (bicyclic) bond motifs is 1. The van der Waals surface area contributed by atoms with Gasteiger partial charge in [-0.25, -0.2) is 0 Å². The van der Waals surface area contributed by atoms with Gasteiger partial charge in [0.2, 0.25) is 0 Å². The summed E-state index contributed by atoms with van der Waals surface area (Å²) in [5.41, 5.74) is 1.16. The number of para-hydroxylation sites is 1. The third-order valence-electron chi connectivity index (χ3n) is 2.23. The molecule has 0 fully saturated rings. The Hall–Kier alpha value is -1.00. The quantitative estimate of drug-likeness (QED) is 0.618. The van der Waals surface area contributed by atoms with E-state index in [0.29, 0.717) is 13.2 Å². The van der Waals surface area contributed by atoms with Gasteiger partial charge in [0.15, 0.2) is 0 Å². The highest BCUT2D eigenvalue weighted by Crippen LogP contribution is 2.11. The first-order valence-electron chi connectivity index (χ1n) is 5.01. The average Bonchev–Trinajstić information content (AvgIpc) is 2.68. The maximum absolute atomic E-state index is 5.37. The first-order valence-corrected chi connectivity index (χ1v) is 5.64. The van der Waals surface area contributed by atoms with Crippen molar-refractivity contribution >= 4 is 23.5 Å². The summed E-state index contributed by atoms with van der Waals surface area (Å²) < 4.78 is 7.33. The van der Waals surface area contributed by atoms with Crippen molar-refractivity contribution in [3.63, 3.8) is 0 Å². The number of nitrogens with zero attached hydrogens (tertiary/aromatic N) is 2. The average molecular weight is 222 g/mol. The van der Waals surface area contributed by atoms with Crippen molar-refractivity contribution in [2.45, 2.75) is 6.54 Å². The van der Waals surface area contributed by atoms with Crippen LogP contribution in [0.3, 0.4) is 0 Å². The molecule has 1 aromatic heterocycles. The molecule has 0 N–H and O–H groups in total. The topological polar surface area (TPSA) is 27.1 Å². The van der Waals surface area contributed by atoms with Gasteiger partial charge in [0.25, 0.3) is 0 Å². The lowest BCUT2D eigenvalue weighted by Gasteiger charge is -2.03. The second kappa shape index (κ2) is 5.19. The molecule has 0 amide bonds. The highest BCUT2D eigenvalue weighted by Gasteiger charge is 2.00. The Balaban J connectivity index is 2.02. The fraction of sp³-hybridized carbons (Fsp3) is 0.364. The molecule has 0 spiro atoms. The van der Waals surface area contributed by atoms with Crippen LogP contribution in [0.1, 0.15) is 0 Å². The molecule has 0 aliphatic carbocycles. The zero-order chi connectivity index (χ0) is 10.5. The third-order valence-corrected chi connectivity index (χ3v) is 2.42. The van der Waals surface area contributed by atoms with Crippen LogP contribution in [0.15, 0.2) is 30.5 Å². The molecule has 4 heteroatoms. The van der Waals surface area contributed by atoms with E-state index in [1.54, 1.807) is 0 Å². The molecular weight excluding hydrogens is 208 g/mol. The van der Waals surface area contributed by atoms with Crippen LogP contribution in [-0.2, 0) is 11.3 Å². The van der Waals surface area contributed by atoms with E-state index in [9.17, 15) is 0 Å². The van der Waals surface area contributed by atoms with Gasteiger partial charge in [0.1, 0.15) is 0 Å². The smallest absolute Gasteiger partial charge is 0.0683 e. The van der Waals surface area contributed by atoms with Gasteiger partial charge < -0.3 is 4.74 Å². The summed E-state index contributed by atoms with van der Waals surface area (Å²) >= 11 is 4.08. The Labute approximate surface area is 94.4 Å². The Morgan fingerprint density at radius 1 is 1.27 bits per heavy atom. The molecule has 0 radical (unpaired) electrons. The van der Waals surface area contributed by atoms with Crippen LogP contribution in [-0.4, -0.2) is 28.7 Å². The van der Waals surface area contributed by atoms with Crippen molar-refractivity contribution < 1.29 is 4.74 Å². The van der Waals surface area contributed by atoms with Gasteiger partial charge >= 0.3 is 0 Å². The van der Waals surface area contributed by atoms with Crippen LogP contribution in [0.25, 0.3) is 10.9 Å². The summed E-state index contributed by atoms with van der Waals surface area (Å²) in [4.78, 5) is 0. The Morgan fingerprint density at radius 2 is 2.13 bits per heavy atom. The Kier molecular flexibility index (Phi) is 3.64. The number of ether oxygens (including phenoxy) is 1. The highest BCUT2D eigenvalue weighted by atomic mass is 32.1. The molecule has 80 valence electrons. The summed E-state index contributed by atoms with van der Waals surface area (Å²) in [5, 5.41) is 5.48. The van der Waals surface area contributed by atoms with E-state index in [4.69, 9.17) is 4.74 Å². The van der Waals surface area contributed by atoms with E-state index < -0.39 is 0 Å². The number of hydrogen-bond donors (Lipinski definition) is 1. The summed E-state index contributed by atoms with van der Waals surface area (Å²) in [5.74, 6) is 0.764.